The molecule has 2 saturated heterocycles. The highest BCUT2D eigenvalue weighted by molar-refractivity contribution is 6.30. The minimum atomic E-state index is -2.07. The van der Waals surface area contributed by atoms with Crippen LogP contribution in [0.15, 0.2) is 115 Å². The number of nitrogens with zero attached hydrogens (tertiary/aromatic N) is 4. The monoisotopic (exact) mass is 1020 g/mol. The van der Waals surface area contributed by atoms with Crippen LogP contribution >= 0.6 is 11.6 Å². The Labute approximate surface area is 439 Å². The zero-order chi connectivity index (χ0) is 52.5. The Kier molecular flexibility index (Phi) is 15.1. The lowest BCUT2D eigenvalue weighted by Gasteiger charge is -2.38. The van der Waals surface area contributed by atoms with Crippen LogP contribution in [0.5, 0.6) is 5.75 Å². The van der Waals surface area contributed by atoms with Gasteiger partial charge in [0.05, 0.1) is 0 Å². The van der Waals surface area contributed by atoms with E-state index in [9.17, 15) is 0 Å². The summed E-state index contributed by atoms with van der Waals surface area (Å²) in [5.41, 5.74) is 2.95. The maximum absolute atomic E-state index is 16.3. The van der Waals surface area contributed by atoms with Gasteiger partial charge in [0.1, 0.15) is 23.4 Å². The number of aryl methyl sites for hydroxylation is 2. The number of benzene rings is 5. The number of para-hydroxylation sites is 2. The highest BCUT2D eigenvalue weighted by atomic mass is 35.5. The number of hydrogen-bond acceptors (Lipinski definition) is 7. The van der Waals surface area contributed by atoms with Crippen LogP contribution in [-0.4, -0.2) is 68.7 Å². The molecule has 8 amide bonds. The zero-order valence-electron chi connectivity index (χ0n) is 43.3. The summed E-state index contributed by atoms with van der Waals surface area (Å²) in [5.74, 6) is -2.80. The molecule has 5 aromatic carbocycles. The average molecular weight is 1020 g/mol. The predicted octanol–water partition coefficient (Wildman–Crippen LogP) is 12.6. The van der Waals surface area contributed by atoms with Crippen molar-refractivity contribution in [1.82, 2.24) is 9.80 Å². The third-order valence-corrected chi connectivity index (χ3v) is 15.9. The molecule has 2 saturated carbocycles. The van der Waals surface area contributed by atoms with Crippen LogP contribution in [0.25, 0.3) is 0 Å². The maximum atomic E-state index is 16.3. The van der Waals surface area contributed by atoms with Crippen molar-refractivity contribution >= 4 is 70.0 Å². The standard InChI is InChI=1S/C60H67ClN6O7/c1-7-41-21-17-22-42(8-2)49(41)62-53(68)51(64-56(71)60(35-15-16-36-60)66(57(64)72)44-27-25-43(61)26-28-44)52(54(69)63-50-47(38(3)4)23-18-24-48(50)39(5)6)65-55(70)59(33-13-10-14-34-59)67(58(65)73)45-29-31-46(32-30-45)74-37-40-19-11-9-12-20-40/h9,11-12,17-32,38-39,51-52H,7-8,10,13-16,33-37H2,1-6H3,(H,62,68)(H,63,69). The first-order chi connectivity index (χ1) is 35.6. The molecule has 0 aromatic heterocycles. The van der Waals surface area contributed by atoms with Gasteiger partial charge in [0, 0.05) is 27.8 Å². The van der Waals surface area contributed by atoms with Gasteiger partial charge in [-0.15, -0.1) is 0 Å². The largest absolute Gasteiger partial charge is 0.489 e. The first-order valence-corrected chi connectivity index (χ1v) is 26.8. The van der Waals surface area contributed by atoms with Crippen molar-refractivity contribution in [1.29, 1.82) is 0 Å². The lowest BCUT2D eigenvalue weighted by Crippen LogP contribution is -2.65. The van der Waals surface area contributed by atoms with Crippen LogP contribution in [0.2, 0.25) is 5.02 Å². The van der Waals surface area contributed by atoms with Crippen LogP contribution in [-0.2, 0) is 38.6 Å². The Morgan fingerprint density at radius 3 is 1.45 bits per heavy atom. The van der Waals surface area contributed by atoms with E-state index < -0.39 is 58.9 Å². The molecular formula is C60H67ClN6O7. The Bertz CT molecular complexity index is 2880. The SMILES string of the molecule is CCc1cccc(CC)c1NC(=O)C(C(C(=O)Nc1c(C(C)C)cccc1C(C)C)N1C(=O)N(c2ccc(OCc3ccccc3)cc2)C2(CCCCC2)C1=O)N1C(=O)N(c2ccc(Cl)cc2)C2(CCCC2)C1=O. The second-order valence-electron chi connectivity index (χ2n) is 20.8. The fourth-order valence-electron chi connectivity index (χ4n) is 11.9. The van der Waals surface area contributed by atoms with Gasteiger partial charge in [-0.05, 0) is 127 Å². The summed E-state index contributed by atoms with van der Waals surface area (Å²) in [4.78, 5) is 101. The molecule has 2 aliphatic heterocycles. The molecule has 2 atom stereocenters. The van der Waals surface area contributed by atoms with Crippen LogP contribution in [0.3, 0.4) is 0 Å². The fourth-order valence-corrected chi connectivity index (χ4v) is 12.0. The molecule has 2 unspecified atom stereocenters. The molecule has 2 N–H and O–H groups in total. The van der Waals surface area contributed by atoms with E-state index in [1.165, 1.54) is 9.80 Å². The van der Waals surface area contributed by atoms with Crippen LogP contribution in [0, 0.1) is 0 Å². The number of carbonyl (C=O) groups is 6. The van der Waals surface area contributed by atoms with Gasteiger partial charge in [-0.2, -0.15) is 0 Å². The Morgan fingerprint density at radius 1 is 0.554 bits per heavy atom. The molecule has 386 valence electrons. The molecule has 2 heterocycles. The van der Waals surface area contributed by atoms with E-state index in [-0.39, 0.29) is 37.5 Å². The van der Waals surface area contributed by atoms with E-state index in [1.54, 1.807) is 48.5 Å². The van der Waals surface area contributed by atoms with Gasteiger partial charge in [0.2, 0.25) is 11.8 Å². The van der Waals surface area contributed by atoms with Crippen molar-refractivity contribution in [3.63, 3.8) is 0 Å². The summed E-state index contributed by atoms with van der Waals surface area (Å²) in [5, 5.41) is 6.71. The van der Waals surface area contributed by atoms with Crippen molar-refractivity contribution in [2.24, 2.45) is 0 Å². The smallest absolute Gasteiger partial charge is 0.333 e. The quantitative estimate of drug-likeness (QED) is 0.0935. The number of hydrogen-bond donors (Lipinski definition) is 2. The number of carbonyl (C=O) groups excluding carboxylic acids is 6. The highest BCUT2D eigenvalue weighted by Gasteiger charge is 2.67. The third kappa shape index (κ3) is 9.33. The van der Waals surface area contributed by atoms with Crippen molar-refractivity contribution in [3.05, 3.63) is 148 Å². The average Bonchev–Trinajstić information content (AvgIpc) is 4.05. The summed E-state index contributed by atoms with van der Waals surface area (Å²) in [6, 6.07) is 28.9. The first kappa shape index (κ1) is 51.9. The Balaban J connectivity index is 1.25. The third-order valence-electron chi connectivity index (χ3n) is 15.7. The van der Waals surface area contributed by atoms with Gasteiger partial charge in [0.15, 0.2) is 12.1 Å². The Hall–Kier alpha value is -6.99. The van der Waals surface area contributed by atoms with Gasteiger partial charge in [-0.3, -0.25) is 29.0 Å². The van der Waals surface area contributed by atoms with Gasteiger partial charge in [-0.25, -0.2) is 19.4 Å². The lowest BCUT2D eigenvalue weighted by molar-refractivity contribution is -0.145. The lowest BCUT2D eigenvalue weighted by atomic mass is 9.80. The van der Waals surface area contributed by atoms with E-state index in [2.05, 4.69) is 10.6 Å². The number of anilines is 4. The van der Waals surface area contributed by atoms with Crippen molar-refractivity contribution in [2.75, 3.05) is 20.4 Å². The van der Waals surface area contributed by atoms with Gasteiger partial charge < -0.3 is 15.4 Å². The van der Waals surface area contributed by atoms with E-state index in [0.717, 1.165) is 44.0 Å². The highest BCUT2D eigenvalue weighted by Crippen LogP contribution is 2.49. The predicted molar refractivity (Wildman–Crippen MR) is 290 cm³/mol. The molecule has 14 heteroatoms. The molecule has 13 nitrogen and oxygen atoms in total. The van der Waals surface area contributed by atoms with E-state index in [4.69, 9.17) is 16.3 Å². The van der Waals surface area contributed by atoms with Gasteiger partial charge >= 0.3 is 12.1 Å². The summed E-state index contributed by atoms with van der Waals surface area (Å²) in [6.07, 6.45) is 5.42. The van der Waals surface area contributed by atoms with Crippen LogP contribution < -0.4 is 25.2 Å². The second-order valence-corrected chi connectivity index (χ2v) is 21.2. The molecule has 4 aliphatic rings. The topological polar surface area (TPSA) is 149 Å². The first-order valence-electron chi connectivity index (χ1n) is 26.4. The van der Waals surface area contributed by atoms with Crippen LogP contribution in [0.4, 0.5) is 32.3 Å². The number of halogens is 1. The van der Waals surface area contributed by atoms with E-state index in [1.807, 2.05) is 108 Å². The molecule has 4 fully saturated rings. The van der Waals surface area contributed by atoms with Gasteiger partial charge in [0.25, 0.3) is 11.8 Å². The molecular weight excluding hydrogens is 952 g/mol. The minimum absolute atomic E-state index is 0.0906. The van der Waals surface area contributed by atoms with Crippen LogP contribution in [0.1, 0.15) is 139 Å². The number of urea groups is 2. The number of amides is 8. The molecule has 2 aliphatic carbocycles. The number of rotatable bonds is 16. The minimum Gasteiger partial charge on any atom is -0.489 e. The molecule has 9 rings (SSSR count). The molecule has 2 spiro atoms. The number of ether oxygens (including phenoxy) is 1. The number of nitrogens with one attached hydrogen (secondary N) is 2. The zero-order valence-corrected chi connectivity index (χ0v) is 44.0. The number of imide groups is 2. The van der Waals surface area contributed by atoms with E-state index >= 15 is 28.8 Å². The summed E-state index contributed by atoms with van der Waals surface area (Å²) in [7, 11) is 0. The molecule has 0 bridgehead atoms. The summed E-state index contributed by atoms with van der Waals surface area (Å²) in [6.45, 7) is 12.2. The van der Waals surface area contributed by atoms with Crippen molar-refractivity contribution in [3.8, 4) is 5.75 Å². The second kappa shape index (κ2) is 21.5. The van der Waals surface area contributed by atoms with Gasteiger partial charge in [-0.1, -0.05) is 152 Å². The van der Waals surface area contributed by atoms with E-state index in [0.29, 0.717) is 78.7 Å². The fraction of sp³-hybridized carbons (Fsp3) is 0.400. The Morgan fingerprint density at radius 2 is 0.986 bits per heavy atom. The van der Waals surface area contributed by atoms with Crippen molar-refractivity contribution < 1.29 is 33.5 Å². The summed E-state index contributed by atoms with van der Waals surface area (Å²) >= 11 is 6.39. The molecule has 0 radical (unpaired) electrons. The van der Waals surface area contributed by atoms with Crippen molar-refractivity contribution in [2.45, 2.75) is 154 Å². The molecule has 5 aromatic rings. The molecule has 74 heavy (non-hydrogen) atoms. The maximum Gasteiger partial charge on any atom is 0.333 e. The normalized spacial score (nSPS) is 18.1. The summed E-state index contributed by atoms with van der Waals surface area (Å²) < 4.78 is 6.14.